The molecular formula is C12H24O3Si. The van der Waals surface area contributed by atoms with Gasteiger partial charge in [-0.3, -0.25) is 4.79 Å². The molecule has 0 saturated carbocycles. The summed E-state index contributed by atoms with van der Waals surface area (Å²) in [6, 6.07) is 0.998. The molecule has 0 heterocycles. The van der Waals surface area contributed by atoms with Gasteiger partial charge in [0, 0.05) is 14.5 Å². The Kier molecular flexibility index (Phi) is 6.56. The lowest BCUT2D eigenvalue weighted by atomic mass is 10.0. The lowest BCUT2D eigenvalue weighted by molar-refractivity contribution is -0.147. The first-order valence-electron chi connectivity index (χ1n) is 5.88. The van der Waals surface area contributed by atoms with Gasteiger partial charge in [-0.2, -0.15) is 0 Å². The van der Waals surface area contributed by atoms with Crippen LogP contribution in [0.15, 0.2) is 0 Å². The van der Waals surface area contributed by atoms with Gasteiger partial charge in [0.05, 0.1) is 12.5 Å². The molecule has 0 saturated heterocycles. The third-order valence-electron chi connectivity index (χ3n) is 2.43. The van der Waals surface area contributed by atoms with Gasteiger partial charge >= 0.3 is 5.97 Å². The van der Waals surface area contributed by atoms with Gasteiger partial charge in [0.25, 0.3) is 0 Å². The highest BCUT2D eigenvalue weighted by Crippen LogP contribution is 2.11. The van der Waals surface area contributed by atoms with Crippen LogP contribution in [-0.4, -0.2) is 26.4 Å². The van der Waals surface area contributed by atoms with E-state index >= 15 is 0 Å². The highest BCUT2D eigenvalue weighted by atomic mass is 28.3. The molecule has 94 valence electrons. The predicted molar refractivity (Wildman–Crippen MR) is 68.2 cm³/mol. The van der Waals surface area contributed by atoms with Crippen LogP contribution in [0, 0.1) is 5.92 Å². The predicted octanol–water partition coefficient (Wildman–Crippen LogP) is 2.87. The van der Waals surface area contributed by atoms with Gasteiger partial charge in [0.2, 0.25) is 0 Å². The monoisotopic (exact) mass is 244 g/mol. The summed E-state index contributed by atoms with van der Waals surface area (Å²) >= 11 is 0. The summed E-state index contributed by atoms with van der Waals surface area (Å²) in [6.45, 7) is 10.6. The van der Waals surface area contributed by atoms with Crippen molar-refractivity contribution in [3.63, 3.8) is 0 Å². The van der Waals surface area contributed by atoms with E-state index in [4.69, 9.17) is 4.74 Å². The van der Waals surface area contributed by atoms with Crippen LogP contribution in [0.1, 0.15) is 26.7 Å². The second-order valence-electron chi connectivity index (χ2n) is 5.62. The van der Waals surface area contributed by atoms with E-state index in [0.717, 1.165) is 6.04 Å². The van der Waals surface area contributed by atoms with Gasteiger partial charge in [0.1, 0.15) is 5.78 Å². The molecule has 16 heavy (non-hydrogen) atoms. The zero-order chi connectivity index (χ0) is 12.8. The van der Waals surface area contributed by atoms with E-state index in [0.29, 0.717) is 19.4 Å². The highest BCUT2D eigenvalue weighted by Gasteiger charge is 2.17. The zero-order valence-corrected chi connectivity index (χ0v) is 12.1. The van der Waals surface area contributed by atoms with Crippen LogP contribution in [0.2, 0.25) is 25.7 Å². The molecule has 0 aliphatic carbocycles. The van der Waals surface area contributed by atoms with E-state index < -0.39 is 8.07 Å². The summed E-state index contributed by atoms with van der Waals surface area (Å²) in [5.74, 6) is -0.202. The van der Waals surface area contributed by atoms with Crippen molar-refractivity contribution in [3.05, 3.63) is 0 Å². The van der Waals surface area contributed by atoms with E-state index in [-0.39, 0.29) is 17.7 Å². The Morgan fingerprint density at radius 2 is 1.81 bits per heavy atom. The minimum Gasteiger partial charge on any atom is -0.466 e. The highest BCUT2D eigenvalue weighted by molar-refractivity contribution is 6.76. The molecule has 0 amide bonds. The van der Waals surface area contributed by atoms with E-state index in [1.165, 1.54) is 0 Å². The quantitative estimate of drug-likeness (QED) is 0.511. The molecule has 3 nitrogen and oxygen atoms in total. The fourth-order valence-electron chi connectivity index (χ4n) is 1.14. The van der Waals surface area contributed by atoms with E-state index in [2.05, 4.69) is 19.6 Å². The normalized spacial score (nSPS) is 13.3. The number of Topliss-reactive ketones (excluding diaryl/α,β-unsaturated/α-hetero) is 1. The summed E-state index contributed by atoms with van der Waals surface area (Å²) in [4.78, 5) is 22.3. The fraction of sp³-hybridized carbons (Fsp3) is 0.833. The van der Waals surface area contributed by atoms with Crippen molar-refractivity contribution in [1.29, 1.82) is 0 Å². The minimum atomic E-state index is -1.13. The van der Waals surface area contributed by atoms with Crippen molar-refractivity contribution in [3.8, 4) is 0 Å². The molecule has 4 heteroatoms. The van der Waals surface area contributed by atoms with Gasteiger partial charge < -0.3 is 9.53 Å². The van der Waals surface area contributed by atoms with Crippen molar-refractivity contribution in [2.75, 3.05) is 6.61 Å². The standard InChI is InChI=1S/C12H24O3Si/c1-10(6-7-11(2)13)12(14)15-8-9-16(3,4)5/h10H,6-9H2,1-5H3. The Balaban J connectivity index is 3.75. The molecular weight excluding hydrogens is 220 g/mol. The molecule has 0 bridgehead atoms. The first-order valence-corrected chi connectivity index (χ1v) is 9.59. The molecule has 0 aliphatic heterocycles. The van der Waals surface area contributed by atoms with Gasteiger partial charge in [-0.05, 0) is 19.4 Å². The maximum atomic E-state index is 11.5. The van der Waals surface area contributed by atoms with E-state index in [9.17, 15) is 9.59 Å². The lowest BCUT2D eigenvalue weighted by Gasteiger charge is -2.16. The van der Waals surface area contributed by atoms with Crippen LogP contribution in [0.4, 0.5) is 0 Å². The molecule has 0 N–H and O–H groups in total. The topological polar surface area (TPSA) is 43.4 Å². The third-order valence-corrected chi connectivity index (χ3v) is 4.13. The van der Waals surface area contributed by atoms with Crippen molar-refractivity contribution in [1.82, 2.24) is 0 Å². The number of hydrogen-bond donors (Lipinski definition) is 0. The molecule has 1 unspecified atom stereocenters. The van der Waals surface area contributed by atoms with Gasteiger partial charge in [0.15, 0.2) is 0 Å². The number of hydrogen-bond acceptors (Lipinski definition) is 3. The molecule has 1 atom stereocenters. The fourth-order valence-corrected chi connectivity index (χ4v) is 1.85. The number of esters is 1. The van der Waals surface area contributed by atoms with Crippen LogP contribution >= 0.6 is 0 Å². The Morgan fingerprint density at radius 3 is 2.25 bits per heavy atom. The largest absolute Gasteiger partial charge is 0.466 e. The number of rotatable bonds is 7. The zero-order valence-electron chi connectivity index (χ0n) is 11.1. The molecule has 0 fully saturated rings. The van der Waals surface area contributed by atoms with Crippen LogP contribution in [0.25, 0.3) is 0 Å². The molecule has 0 radical (unpaired) electrons. The van der Waals surface area contributed by atoms with E-state index in [1.54, 1.807) is 6.92 Å². The van der Waals surface area contributed by atoms with Crippen molar-refractivity contribution >= 4 is 19.8 Å². The average molecular weight is 244 g/mol. The van der Waals surface area contributed by atoms with Crippen molar-refractivity contribution in [2.45, 2.75) is 52.4 Å². The summed E-state index contributed by atoms with van der Waals surface area (Å²) in [7, 11) is -1.13. The first kappa shape index (κ1) is 15.4. The summed E-state index contributed by atoms with van der Waals surface area (Å²) in [6.07, 6.45) is 1.06. The number of carbonyl (C=O) groups is 2. The van der Waals surface area contributed by atoms with Crippen molar-refractivity contribution in [2.24, 2.45) is 5.92 Å². The molecule has 0 aromatic rings. The van der Waals surface area contributed by atoms with Crippen LogP contribution in [0.5, 0.6) is 0 Å². The van der Waals surface area contributed by atoms with Gasteiger partial charge in [-0.25, -0.2) is 0 Å². The average Bonchev–Trinajstić information content (AvgIpc) is 2.11. The lowest BCUT2D eigenvalue weighted by Crippen LogP contribution is -2.24. The Hall–Kier alpha value is -0.643. The SMILES string of the molecule is CC(=O)CCC(C)C(=O)OCC[Si](C)(C)C. The Bertz CT molecular complexity index is 243. The van der Waals surface area contributed by atoms with Crippen molar-refractivity contribution < 1.29 is 14.3 Å². The number of ketones is 1. The van der Waals surface area contributed by atoms with Crippen LogP contribution in [0.3, 0.4) is 0 Å². The molecule has 0 spiro atoms. The smallest absolute Gasteiger partial charge is 0.308 e. The summed E-state index contributed by atoms with van der Waals surface area (Å²) in [5.41, 5.74) is 0. The molecule has 0 aliphatic rings. The van der Waals surface area contributed by atoms with E-state index in [1.807, 2.05) is 6.92 Å². The molecule has 0 rings (SSSR count). The number of ether oxygens (including phenoxy) is 1. The summed E-state index contributed by atoms with van der Waals surface area (Å²) in [5, 5.41) is 0. The Morgan fingerprint density at radius 1 is 1.25 bits per heavy atom. The summed E-state index contributed by atoms with van der Waals surface area (Å²) < 4.78 is 5.20. The second-order valence-corrected chi connectivity index (χ2v) is 11.2. The maximum absolute atomic E-state index is 11.5. The van der Waals surface area contributed by atoms with Gasteiger partial charge in [-0.15, -0.1) is 0 Å². The second kappa shape index (κ2) is 6.84. The number of carbonyl (C=O) groups excluding carboxylic acids is 2. The molecule has 0 aromatic carbocycles. The van der Waals surface area contributed by atoms with Crippen LogP contribution < -0.4 is 0 Å². The minimum absolute atomic E-state index is 0.127. The van der Waals surface area contributed by atoms with Crippen LogP contribution in [-0.2, 0) is 14.3 Å². The van der Waals surface area contributed by atoms with Gasteiger partial charge in [-0.1, -0.05) is 26.6 Å². The first-order chi connectivity index (χ1) is 7.22. The molecule has 0 aromatic heterocycles. The maximum Gasteiger partial charge on any atom is 0.308 e. The third kappa shape index (κ3) is 8.65. The Labute approximate surface area is 99.6 Å².